The maximum absolute atomic E-state index is 13.6. The fourth-order valence-corrected chi connectivity index (χ4v) is 1.97. The molecule has 0 bridgehead atoms. The minimum atomic E-state index is -0.249. The van der Waals surface area contributed by atoms with Gasteiger partial charge in [-0.15, -0.1) is 0 Å². The topological polar surface area (TPSA) is 47.3 Å². The summed E-state index contributed by atoms with van der Waals surface area (Å²) >= 11 is 0. The predicted octanol–water partition coefficient (Wildman–Crippen LogP) is 2.70. The number of methoxy groups -OCH3 is 1. The molecular formula is C15H17FN2O. The average Bonchev–Trinajstić information content (AvgIpc) is 2.44. The Kier molecular flexibility index (Phi) is 4.14. The highest BCUT2D eigenvalue weighted by atomic mass is 19.1. The monoisotopic (exact) mass is 260 g/mol. The van der Waals surface area contributed by atoms with Crippen LogP contribution >= 0.6 is 0 Å². The van der Waals surface area contributed by atoms with Crippen molar-refractivity contribution in [2.24, 2.45) is 5.84 Å². The van der Waals surface area contributed by atoms with Gasteiger partial charge in [-0.25, -0.2) is 9.82 Å². The van der Waals surface area contributed by atoms with Gasteiger partial charge >= 0.3 is 0 Å². The second-order valence-electron chi connectivity index (χ2n) is 4.38. The minimum absolute atomic E-state index is 0.230. The summed E-state index contributed by atoms with van der Waals surface area (Å²) in [5.41, 5.74) is 5.07. The third-order valence-corrected chi connectivity index (χ3v) is 3.15. The van der Waals surface area contributed by atoms with Gasteiger partial charge in [0, 0.05) is 0 Å². The number of aryl methyl sites for hydroxylation is 1. The summed E-state index contributed by atoms with van der Waals surface area (Å²) < 4.78 is 18.7. The van der Waals surface area contributed by atoms with E-state index >= 15 is 0 Å². The molecule has 2 aromatic rings. The molecule has 2 aromatic carbocycles. The molecule has 100 valence electrons. The van der Waals surface area contributed by atoms with Gasteiger partial charge in [-0.05, 0) is 41.8 Å². The van der Waals surface area contributed by atoms with Crippen LogP contribution in [0.15, 0.2) is 42.5 Å². The van der Waals surface area contributed by atoms with E-state index in [1.807, 2.05) is 30.3 Å². The summed E-state index contributed by atoms with van der Waals surface area (Å²) in [6.45, 7) is 1.73. The van der Waals surface area contributed by atoms with Crippen LogP contribution in [0.5, 0.6) is 5.75 Å². The van der Waals surface area contributed by atoms with Gasteiger partial charge in [0.25, 0.3) is 0 Å². The molecular weight excluding hydrogens is 243 g/mol. The summed E-state index contributed by atoms with van der Waals surface area (Å²) in [4.78, 5) is 0. The molecule has 0 aliphatic rings. The van der Waals surface area contributed by atoms with Crippen molar-refractivity contribution in [2.75, 3.05) is 7.11 Å². The first-order valence-electron chi connectivity index (χ1n) is 6.02. The van der Waals surface area contributed by atoms with Gasteiger partial charge in [-0.2, -0.15) is 0 Å². The molecule has 0 aromatic heterocycles. The number of hydrogen-bond acceptors (Lipinski definition) is 3. The van der Waals surface area contributed by atoms with E-state index in [1.54, 1.807) is 20.1 Å². The highest BCUT2D eigenvalue weighted by molar-refractivity contribution is 5.36. The van der Waals surface area contributed by atoms with Crippen LogP contribution in [0.4, 0.5) is 4.39 Å². The summed E-state index contributed by atoms with van der Waals surface area (Å²) in [6.07, 6.45) is 0. The summed E-state index contributed by atoms with van der Waals surface area (Å²) in [5, 5.41) is 0. The molecule has 3 N–H and O–H groups in total. The second-order valence-corrected chi connectivity index (χ2v) is 4.38. The number of halogens is 1. The number of ether oxygens (including phenoxy) is 1. The summed E-state index contributed by atoms with van der Waals surface area (Å²) in [5.74, 6) is 6.13. The molecule has 2 rings (SSSR count). The second kappa shape index (κ2) is 5.82. The molecule has 0 saturated heterocycles. The number of nitrogens with one attached hydrogen (secondary N) is 1. The number of benzene rings is 2. The first-order chi connectivity index (χ1) is 9.15. The molecule has 19 heavy (non-hydrogen) atoms. The molecule has 0 spiro atoms. The van der Waals surface area contributed by atoms with Crippen LogP contribution in [0.2, 0.25) is 0 Å². The highest BCUT2D eigenvalue weighted by Gasteiger charge is 2.13. The van der Waals surface area contributed by atoms with Crippen LogP contribution in [0.3, 0.4) is 0 Å². The van der Waals surface area contributed by atoms with Crippen molar-refractivity contribution >= 4 is 0 Å². The average molecular weight is 260 g/mol. The van der Waals surface area contributed by atoms with Gasteiger partial charge in [0.05, 0.1) is 13.2 Å². The zero-order valence-electron chi connectivity index (χ0n) is 11.0. The third-order valence-electron chi connectivity index (χ3n) is 3.15. The third kappa shape index (κ3) is 2.92. The zero-order valence-corrected chi connectivity index (χ0v) is 11.0. The minimum Gasteiger partial charge on any atom is -0.497 e. The Balaban J connectivity index is 2.34. The van der Waals surface area contributed by atoms with E-state index in [2.05, 4.69) is 5.43 Å². The summed E-state index contributed by atoms with van der Waals surface area (Å²) in [6, 6.07) is 12.4. The maximum Gasteiger partial charge on any atom is 0.126 e. The van der Waals surface area contributed by atoms with Crippen molar-refractivity contribution in [1.29, 1.82) is 0 Å². The molecule has 0 heterocycles. The smallest absolute Gasteiger partial charge is 0.126 e. The maximum atomic E-state index is 13.6. The molecule has 0 aliphatic carbocycles. The van der Waals surface area contributed by atoms with E-state index in [9.17, 15) is 4.39 Å². The van der Waals surface area contributed by atoms with Gasteiger partial charge < -0.3 is 4.74 Å². The quantitative estimate of drug-likeness (QED) is 0.656. The predicted molar refractivity (Wildman–Crippen MR) is 73.3 cm³/mol. The van der Waals surface area contributed by atoms with E-state index in [0.29, 0.717) is 5.56 Å². The van der Waals surface area contributed by atoms with E-state index in [-0.39, 0.29) is 11.9 Å². The number of hydrazine groups is 1. The Morgan fingerprint density at radius 3 is 2.26 bits per heavy atom. The first-order valence-corrected chi connectivity index (χ1v) is 6.02. The molecule has 0 aliphatic heterocycles. The van der Waals surface area contributed by atoms with Gasteiger partial charge in [-0.3, -0.25) is 5.84 Å². The molecule has 0 fully saturated rings. The first kappa shape index (κ1) is 13.5. The molecule has 1 atom stereocenters. The Labute approximate surface area is 112 Å². The van der Waals surface area contributed by atoms with Gasteiger partial charge in [0.2, 0.25) is 0 Å². The van der Waals surface area contributed by atoms with Crippen molar-refractivity contribution in [1.82, 2.24) is 5.43 Å². The fraction of sp³-hybridized carbons (Fsp3) is 0.200. The van der Waals surface area contributed by atoms with Crippen LogP contribution in [-0.4, -0.2) is 7.11 Å². The molecule has 1 unspecified atom stereocenters. The largest absolute Gasteiger partial charge is 0.497 e. The molecule has 4 heteroatoms. The van der Waals surface area contributed by atoms with E-state index in [0.717, 1.165) is 16.9 Å². The molecule has 0 radical (unpaired) electrons. The molecule has 0 saturated carbocycles. The van der Waals surface area contributed by atoms with E-state index in [4.69, 9.17) is 10.6 Å². The Bertz CT molecular complexity index is 555. The fourth-order valence-electron chi connectivity index (χ4n) is 1.97. The number of nitrogens with two attached hydrogens (primary N) is 1. The van der Waals surface area contributed by atoms with E-state index in [1.165, 1.54) is 6.07 Å². The molecule has 0 amide bonds. The van der Waals surface area contributed by atoms with Crippen molar-refractivity contribution in [3.05, 3.63) is 65.0 Å². The van der Waals surface area contributed by atoms with Crippen molar-refractivity contribution < 1.29 is 9.13 Å². The Morgan fingerprint density at radius 1 is 1.11 bits per heavy atom. The molecule has 3 nitrogen and oxygen atoms in total. The van der Waals surface area contributed by atoms with Crippen LogP contribution in [-0.2, 0) is 0 Å². The lowest BCUT2D eigenvalue weighted by atomic mass is 9.98. The zero-order chi connectivity index (χ0) is 13.8. The lowest BCUT2D eigenvalue weighted by Crippen LogP contribution is -2.28. The summed E-state index contributed by atoms with van der Waals surface area (Å²) in [7, 11) is 1.61. The normalized spacial score (nSPS) is 12.2. The van der Waals surface area contributed by atoms with E-state index < -0.39 is 0 Å². The lowest BCUT2D eigenvalue weighted by Gasteiger charge is -2.17. The van der Waals surface area contributed by atoms with Gasteiger partial charge in [0.15, 0.2) is 0 Å². The van der Waals surface area contributed by atoms with Crippen molar-refractivity contribution in [2.45, 2.75) is 13.0 Å². The van der Waals surface area contributed by atoms with Crippen LogP contribution < -0.4 is 16.0 Å². The van der Waals surface area contributed by atoms with Crippen molar-refractivity contribution in [3.8, 4) is 5.75 Å². The Hall–Kier alpha value is -1.91. The van der Waals surface area contributed by atoms with Crippen LogP contribution in [0, 0.1) is 12.7 Å². The Morgan fingerprint density at radius 2 is 1.74 bits per heavy atom. The van der Waals surface area contributed by atoms with Crippen LogP contribution in [0.25, 0.3) is 0 Å². The highest BCUT2D eigenvalue weighted by Crippen LogP contribution is 2.24. The number of rotatable bonds is 4. The SMILES string of the molecule is COc1ccc(C(NN)c2ccc(C)c(F)c2)cc1. The van der Waals surface area contributed by atoms with Crippen LogP contribution in [0.1, 0.15) is 22.7 Å². The standard InChI is InChI=1S/C15H17FN2O/c1-10-3-4-12(9-14(10)16)15(18-17)11-5-7-13(19-2)8-6-11/h3-9,15,18H,17H2,1-2H3. The lowest BCUT2D eigenvalue weighted by molar-refractivity contribution is 0.414. The van der Waals surface area contributed by atoms with Gasteiger partial charge in [-0.1, -0.05) is 24.3 Å². The number of hydrogen-bond donors (Lipinski definition) is 2. The van der Waals surface area contributed by atoms with Gasteiger partial charge in [0.1, 0.15) is 11.6 Å². The van der Waals surface area contributed by atoms with Crippen molar-refractivity contribution in [3.63, 3.8) is 0 Å².